The number of nitrogens with zero attached hydrogens (tertiary/aromatic N) is 4. The van der Waals surface area contributed by atoms with Gasteiger partial charge in [-0.3, -0.25) is 4.79 Å². The number of carbonyl (C=O) groups is 1. The Morgan fingerprint density at radius 3 is 2.49 bits per heavy atom. The minimum Gasteiger partial charge on any atom is -0.440 e. The zero-order valence-corrected chi connectivity index (χ0v) is 18.8. The number of hydrogen-bond donors (Lipinski definition) is 1. The molecule has 1 N–H and O–H groups in total. The number of carbonyl (C=O) groups excluding carboxylic acids is 1. The number of piperidine rings is 1. The van der Waals surface area contributed by atoms with E-state index in [0.29, 0.717) is 18.0 Å². The van der Waals surface area contributed by atoms with E-state index in [1.54, 1.807) is 44.2 Å². The number of halogens is 5. The first-order valence-electron chi connectivity index (χ1n) is 10.8. The van der Waals surface area contributed by atoms with Crippen molar-refractivity contribution < 1.29 is 31.2 Å². The van der Waals surface area contributed by atoms with Crippen LogP contribution >= 0.6 is 0 Å². The Balaban J connectivity index is 1.60. The second kappa shape index (κ2) is 9.23. The summed E-state index contributed by atoms with van der Waals surface area (Å²) in [5, 5.41) is 2.77. The molecule has 35 heavy (non-hydrogen) atoms. The van der Waals surface area contributed by atoms with E-state index >= 15 is 0 Å². The molecule has 2 atom stereocenters. The van der Waals surface area contributed by atoms with Gasteiger partial charge in [-0.2, -0.15) is 13.2 Å². The average Bonchev–Trinajstić information content (AvgIpc) is 3.19. The van der Waals surface area contributed by atoms with Crippen LogP contribution in [-0.4, -0.2) is 50.8 Å². The fourth-order valence-electron chi connectivity index (χ4n) is 4.13. The molecule has 7 nitrogen and oxygen atoms in total. The van der Waals surface area contributed by atoms with Crippen LogP contribution in [0, 0.1) is 12.8 Å². The maximum atomic E-state index is 14.5. The van der Waals surface area contributed by atoms with Crippen LogP contribution in [0.5, 0.6) is 0 Å². The molecule has 0 saturated carbocycles. The highest BCUT2D eigenvalue weighted by atomic mass is 19.4. The van der Waals surface area contributed by atoms with E-state index in [0.717, 1.165) is 4.90 Å². The predicted molar refractivity (Wildman–Crippen MR) is 116 cm³/mol. The third-order valence-corrected chi connectivity index (χ3v) is 5.76. The summed E-state index contributed by atoms with van der Waals surface area (Å²) in [5.74, 6) is -4.23. The van der Waals surface area contributed by atoms with Gasteiger partial charge in [0.2, 0.25) is 5.95 Å². The predicted octanol–water partition coefficient (Wildman–Crippen LogP) is 5.06. The third-order valence-electron chi connectivity index (χ3n) is 5.76. The molecule has 4 rings (SSSR count). The van der Waals surface area contributed by atoms with Gasteiger partial charge in [0.05, 0.1) is 18.2 Å². The molecule has 0 spiro atoms. The van der Waals surface area contributed by atoms with Gasteiger partial charge in [0.1, 0.15) is 0 Å². The number of alkyl halides is 5. The van der Waals surface area contributed by atoms with Crippen LogP contribution < -0.4 is 5.32 Å². The van der Waals surface area contributed by atoms with E-state index in [2.05, 4.69) is 20.3 Å². The summed E-state index contributed by atoms with van der Waals surface area (Å²) in [5.41, 5.74) is -0.532. The number of aromatic nitrogens is 3. The van der Waals surface area contributed by atoms with Crippen molar-refractivity contribution in [2.24, 2.45) is 5.92 Å². The Kier molecular flexibility index (Phi) is 6.48. The number of hydrogen-bond acceptors (Lipinski definition) is 6. The Morgan fingerprint density at radius 2 is 1.86 bits per heavy atom. The second-order valence-electron chi connectivity index (χ2n) is 8.49. The van der Waals surface area contributed by atoms with Crippen molar-refractivity contribution in [3.05, 3.63) is 59.9 Å². The number of amides is 1. The number of anilines is 1. The van der Waals surface area contributed by atoms with Gasteiger partial charge >= 0.3 is 6.18 Å². The molecule has 0 radical (unpaired) electrons. The van der Waals surface area contributed by atoms with Crippen LogP contribution in [0.25, 0.3) is 11.3 Å². The summed E-state index contributed by atoms with van der Waals surface area (Å²) < 4.78 is 72.9. The van der Waals surface area contributed by atoms with Crippen LogP contribution in [-0.2, 0) is 6.18 Å². The van der Waals surface area contributed by atoms with E-state index in [-0.39, 0.29) is 29.8 Å². The first-order chi connectivity index (χ1) is 16.4. The van der Waals surface area contributed by atoms with Crippen molar-refractivity contribution in [1.29, 1.82) is 0 Å². The van der Waals surface area contributed by atoms with Gasteiger partial charge in [-0.05, 0) is 5.92 Å². The van der Waals surface area contributed by atoms with E-state index in [1.165, 1.54) is 0 Å². The molecule has 0 aliphatic carbocycles. The topological polar surface area (TPSA) is 84.2 Å². The van der Waals surface area contributed by atoms with Crippen LogP contribution in [0.3, 0.4) is 0 Å². The molecule has 0 bridgehead atoms. The highest BCUT2D eigenvalue weighted by Crippen LogP contribution is 2.36. The summed E-state index contributed by atoms with van der Waals surface area (Å²) in [6.45, 7) is 2.25. The minimum absolute atomic E-state index is 0.0497. The van der Waals surface area contributed by atoms with Gasteiger partial charge in [-0.25, -0.2) is 23.7 Å². The highest BCUT2D eigenvalue weighted by molar-refractivity contribution is 5.98. The maximum Gasteiger partial charge on any atom is 0.419 e. The lowest BCUT2D eigenvalue weighted by Gasteiger charge is -2.43. The van der Waals surface area contributed by atoms with Gasteiger partial charge in [0, 0.05) is 37.8 Å². The van der Waals surface area contributed by atoms with Crippen molar-refractivity contribution >= 4 is 11.9 Å². The van der Waals surface area contributed by atoms with E-state index in [1.807, 2.05) is 0 Å². The van der Waals surface area contributed by atoms with Gasteiger partial charge in [-0.1, -0.05) is 37.3 Å². The molecule has 1 aliphatic rings. The number of likely N-dealkylation sites (tertiary alicyclic amines) is 1. The van der Waals surface area contributed by atoms with Crippen LogP contribution in [0.1, 0.15) is 35.3 Å². The zero-order chi connectivity index (χ0) is 25.4. The first-order valence-corrected chi connectivity index (χ1v) is 10.8. The first kappa shape index (κ1) is 24.6. The normalized spacial score (nSPS) is 20.0. The Hall–Kier alpha value is -3.57. The summed E-state index contributed by atoms with van der Waals surface area (Å²) in [4.78, 5) is 26.0. The van der Waals surface area contributed by atoms with Gasteiger partial charge < -0.3 is 14.6 Å². The number of nitrogens with one attached hydrogen (secondary N) is 1. The lowest BCUT2D eigenvalue weighted by Crippen LogP contribution is -2.57. The summed E-state index contributed by atoms with van der Waals surface area (Å²) in [6.07, 6.45) is -3.79. The van der Waals surface area contributed by atoms with E-state index in [4.69, 9.17) is 4.42 Å². The highest BCUT2D eigenvalue weighted by Gasteiger charge is 2.47. The lowest BCUT2D eigenvalue weighted by atomic mass is 9.88. The van der Waals surface area contributed by atoms with Crippen molar-refractivity contribution in [3.63, 3.8) is 0 Å². The molecule has 186 valence electrons. The quantitative estimate of drug-likeness (QED) is 0.499. The molecule has 2 unspecified atom stereocenters. The average molecular weight is 495 g/mol. The number of aryl methyl sites for hydroxylation is 1. The molecule has 2 aromatic heterocycles. The Morgan fingerprint density at radius 1 is 1.20 bits per heavy atom. The molecule has 1 saturated heterocycles. The molecular formula is C23H22F5N5O2. The molecule has 1 amide bonds. The van der Waals surface area contributed by atoms with Gasteiger partial charge in [0.15, 0.2) is 17.3 Å². The SMILES string of the molecule is Cc1nc(C(=O)N2CC(F)(F)CC(C)C2CNc2ncc(C(F)(F)F)cn2)c(-c2ccccc2)o1. The second-order valence-corrected chi connectivity index (χ2v) is 8.49. The van der Waals surface area contributed by atoms with Gasteiger partial charge in [-0.15, -0.1) is 0 Å². The molecule has 1 fully saturated rings. The van der Waals surface area contributed by atoms with E-state index < -0.39 is 48.5 Å². The Bertz CT molecular complexity index is 1180. The standard InChI is InChI=1S/C23H22F5N5O2/c1-13-8-22(24,25)12-33(17(13)11-31-21-29-9-16(10-30-21)23(26,27)28)20(34)18-19(35-14(2)32-18)15-6-4-3-5-7-15/h3-7,9-10,13,17H,8,11-12H2,1-2H3,(H,29,30,31). The minimum atomic E-state index is -4.59. The number of rotatable bonds is 5. The fourth-order valence-corrected chi connectivity index (χ4v) is 4.13. The maximum absolute atomic E-state index is 14.5. The van der Waals surface area contributed by atoms with Crippen LogP contribution in [0.2, 0.25) is 0 Å². The van der Waals surface area contributed by atoms with Crippen LogP contribution in [0.15, 0.2) is 47.1 Å². The van der Waals surface area contributed by atoms with Crippen molar-refractivity contribution in [1.82, 2.24) is 19.9 Å². The summed E-state index contributed by atoms with van der Waals surface area (Å²) >= 11 is 0. The van der Waals surface area contributed by atoms with Crippen molar-refractivity contribution in [3.8, 4) is 11.3 Å². The molecular weight excluding hydrogens is 473 g/mol. The third kappa shape index (κ3) is 5.41. The molecule has 3 heterocycles. The fraction of sp³-hybridized carbons (Fsp3) is 0.391. The summed E-state index contributed by atoms with van der Waals surface area (Å²) in [6, 6.07) is 7.97. The van der Waals surface area contributed by atoms with E-state index in [9.17, 15) is 26.7 Å². The number of benzene rings is 1. The molecule has 1 aromatic carbocycles. The van der Waals surface area contributed by atoms with Gasteiger partial charge in [0.25, 0.3) is 11.8 Å². The largest absolute Gasteiger partial charge is 0.440 e. The van der Waals surface area contributed by atoms with Crippen LogP contribution in [0.4, 0.5) is 27.9 Å². The lowest BCUT2D eigenvalue weighted by molar-refractivity contribution is -0.138. The molecule has 1 aliphatic heterocycles. The van der Waals surface area contributed by atoms with Crippen molar-refractivity contribution in [2.45, 2.75) is 38.4 Å². The molecule has 3 aromatic rings. The molecule has 12 heteroatoms. The zero-order valence-electron chi connectivity index (χ0n) is 18.8. The number of oxazole rings is 1. The summed E-state index contributed by atoms with van der Waals surface area (Å²) in [7, 11) is 0. The monoisotopic (exact) mass is 495 g/mol. The van der Waals surface area contributed by atoms with Crippen molar-refractivity contribution in [2.75, 3.05) is 18.4 Å². The Labute approximate surface area is 197 Å². The smallest absolute Gasteiger partial charge is 0.419 e.